The van der Waals surface area contributed by atoms with E-state index in [-0.39, 0.29) is 6.61 Å². The van der Waals surface area contributed by atoms with Crippen molar-refractivity contribution in [3.05, 3.63) is 67.6 Å². The van der Waals surface area contributed by atoms with E-state index in [1.54, 1.807) is 36.4 Å². The third kappa shape index (κ3) is 3.80. The number of carbonyl (C=O) groups excluding carboxylic acids is 1. The van der Waals surface area contributed by atoms with Gasteiger partial charge in [-0.05, 0) is 36.4 Å². The van der Waals surface area contributed by atoms with Gasteiger partial charge in [0.05, 0.1) is 15.6 Å². The fourth-order valence-electron chi connectivity index (χ4n) is 1.52. The topological polar surface area (TPSA) is 26.3 Å². The molecule has 2 rings (SSSR count). The first-order valence-electron chi connectivity index (χ1n) is 5.53. The Kier molecular flexibility index (Phi) is 5.17. The van der Waals surface area contributed by atoms with Crippen LogP contribution in [0.2, 0.25) is 20.1 Å². The zero-order valence-corrected chi connectivity index (χ0v) is 13.0. The molecule has 0 bridgehead atoms. The molecule has 0 aliphatic carbocycles. The lowest BCUT2D eigenvalue weighted by atomic mass is 10.2. The molecule has 0 aliphatic rings. The van der Waals surface area contributed by atoms with Crippen molar-refractivity contribution in [1.29, 1.82) is 0 Å². The highest BCUT2D eigenvalue weighted by Gasteiger charge is 2.12. The zero-order valence-electron chi connectivity index (χ0n) is 10.00. The standard InChI is InChI=1S/C14H8Cl4O2/c15-9-3-1-8(2-4-9)14(19)20-7-11-12(17)5-10(16)6-13(11)18/h1-6H,7H2. The van der Waals surface area contributed by atoms with E-state index in [1.807, 2.05) is 0 Å². The van der Waals surface area contributed by atoms with Gasteiger partial charge in [-0.3, -0.25) is 0 Å². The molecule has 0 radical (unpaired) electrons. The summed E-state index contributed by atoms with van der Waals surface area (Å²) in [6, 6.07) is 9.47. The molecular weight excluding hydrogens is 342 g/mol. The van der Waals surface area contributed by atoms with Crippen LogP contribution >= 0.6 is 46.4 Å². The molecule has 0 saturated carbocycles. The minimum Gasteiger partial charge on any atom is -0.457 e. The smallest absolute Gasteiger partial charge is 0.338 e. The van der Waals surface area contributed by atoms with Crippen LogP contribution in [-0.4, -0.2) is 5.97 Å². The first-order valence-corrected chi connectivity index (χ1v) is 7.04. The summed E-state index contributed by atoms with van der Waals surface area (Å²) in [4.78, 5) is 11.8. The monoisotopic (exact) mass is 348 g/mol. The highest BCUT2D eigenvalue weighted by molar-refractivity contribution is 6.39. The number of carbonyl (C=O) groups is 1. The highest BCUT2D eigenvalue weighted by Crippen LogP contribution is 2.29. The Hall–Kier alpha value is -0.930. The van der Waals surface area contributed by atoms with Gasteiger partial charge in [-0.2, -0.15) is 0 Å². The second kappa shape index (κ2) is 6.68. The summed E-state index contributed by atoms with van der Waals surface area (Å²) in [6.45, 7) is -0.0315. The molecule has 2 aromatic rings. The number of rotatable bonds is 3. The molecule has 20 heavy (non-hydrogen) atoms. The van der Waals surface area contributed by atoms with E-state index in [0.29, 0.717) is 31.2 Å². The minimum atomic E-state index is -0.483. The van der Waals surface area contributed by atoms with Gasteiger partial charge in [0.1, 0.15) is 6.61 Å². The number of hydrogen-bond acceptors (Lipinski definition) is 2. The number of halogens is 4. The summed E-state index contributed by atoms with van der Waals surface area (Å²) >= 11 is 23.6. The Balaban J connectivity index is 2.09. The lowest BCUT2D eigenvalue weighted by Crippen LogP contribution is -2.05. The number of esters is 1. The first-order chi connectivity index (χ1) is 9.47. The summed E-state index contributed by atoms with van der Waals surface area (Å²) < 4.78 is 5.16. The maximum Gasteiger partial charge on any atom is 0.338 e. The molecular formula is C14H8Cl4O2. The van der Waals surface area contributed by atoms with Crippen molar-refractivity contribution in [3.63, 3.8) is 0 Å². The largest absolute Gasteiger partial charge is 0.457 e. The summed E-state index contributed by atoms with van der Waals surface area (Å²) in [5.41, 5.74) is 0.913. The number of ether oxygens (including phenoxy) is 1. The molecule has 2 nitrogen and oxygen atoms in total. The van der Waals surface area contributed by atoms with E-state index in [0.717, 1.165) is 0 Å². The average Bonchev–Trinajstić information content (AvgIpc) is 2.38. The first kappa shape index (κ1) is 15.5. The summed E-state index contributed by atoms with van der Waals surface area (Å²) in [7, 11) is 0. The third-order valence-electron chi connectivity index (χ3n) is 2.53. The molecule has 0 saturated heterocycles. The second-order valence-corrected chi connectivity index (χ2v) is 5.62. The molecule has 0 aliphatic heterocycles. The molecule has 0 atom stereocenters. The molecule has 104 valence electrons. The Morgan fingerprint density at radius 2 is 1.45 bits per heavy atom. The fourth-order valence-corrected chi connectivity index (χ4v) is 2.57. The second-order valence-electron chi connectivity index (χ2n) is 3.93. The summed E-state index contributed by atoms with van der Waals surface area (Å²) in [5.74, 6) is -0.483. The van der Waals surface area contributed by atoms with Gasteiger partial charge in [-0.25, -0.2) is 4.79 Å². The lowest BCUT2D eigenvalue weighted by molar-refractivity contribution is 0.0473. The van der Waals surface area contributed by atoms with E-state index in [9.17, 15) is 4.79 Å². The fraction of sp³-hybridized carbons (Fsp3) is 0.0714. The van der Waals surface area contributed by atoms with Gasteiger partial charge in [-0.1, -0.05) is 46.4 Å². The van der Waals surface area contributed by atoms with Gasteiger partial charge < -0.3 is 4.74 Å². The lowest BCUT2D eigenvalue weighted by Gasteiger charge is -2.09. The number of hydrogen-bond donors (Lipinski definition) is 0. The maximum absolute atomic E-state index is 11.8. The Morgan fingerprint density at radius 1 is 0.900 bits per heavy atom. The van der Waals surface area contributed by atoms with Crippen molar-refractivity contribution in [2.24, 2.45) is 0 Å². The van der Waals surface area contributed by atoms with E-state index in [1.165, 1.54) is 0 Å². The van der Waals surface area contributed by atoms with Crippen molar-refractivity contribution in [2.45, 2.75) is 6.61 Å². The molecule has 0 N–H and O–H groups in total. The molecule has 6 heteroatoms. The quantitative estimate of drug-likeness (QED) is 0.668. The van der Waals surface area contributed by atoms with Gasteiger partial charge >= 0.3 is 5.97 Å². The van der Waals surface area contributed by atoms with Gasteiger partial charge in [-0.15, -0.1) is 0 Å². The van der Waals surface area contributed by atoms with Crippen LogP contribution in [0.15, 0.2) is 36.4 Å². The van der Waals surface area contributed by atoms with Crippen molar-refractivity contribution >= 4 is 52.4 Å². The van der Waals surface area contributed by atoms with Crippen LogP contribution < -0.4 is 0 Å². The van der Waals surface area contributed by atoms with Gasteiger partial charge in [0.25, 0.3) is 0 Å². The Bertz CT molecular complexity index is 615. The van der Waals surface area contributed by atoms with Gasteiger partial charge in [0, 0.05) is 15.6 Å². The van der Waals surface area contributed by atoms with Crippen LogP contribution in [0.3, 0.4) is 0 Å². The van der Waals surface area contributed by atoms with E-state index in [2.05, 4.69) is 0 Å². The zero-order chi connectivity index (χ0) is 14.7. The molecule has 0 unspecified atom stereocenters. The minimum absolute atomic E-state index is 0.0315. The molecule has 0 amide bonds. The van der Waals surface area contributed by atoms with Crippen LogP contribution in [0.25, 0.3) is 0 Å². The Labute approximate surface area is 136 Å². The van der Waals surface area contributed by atoms with Crippen LogP contribution in [0, 0.1) is 0 Å². The normalized spacial score (nSPS) is 10.4. The molecule has 0 heterocycles. The van der Waals surface area contributed by atoms with Crippen LogP contribution in [0.1, 0.15) is 15.9 Å². The van der Waals surface area contributed by atoms with Crippen molar-refractivity contribution < 1.29 is 9.53 Å². The highest BCUT2D eigenvalue weighted by atomic mass is 35.5. The summed E-state index contributed by atoms with van der Waals surface area (Å²) in [6.07, 6.45) is 0. The molecule has 0 aromatic heterocycles. The van der Waals surface area contributed by atoms with Crippen LogP contribution in [0.4, 0.5) is 0 Å². The van der Waals surface area contributed by atoms with Gasteiger partial charge in [0.2, 0.25) is 0 Å². The van der Waals surface area contributed by atoms with Crippen molar-refractivity contribution in [3.8, 4) is 0 Å². The van der Waals surface area contributed by atoms with E-state index in [4.69, 9.17) is 51.1 Å². The van der Waals surface area contributed by atoms with Crippen molar-refractivity contribution in [2.75, 3.05) is 0 Å². The number of benzene rings is 2. The van der Waals surface area contributed by atoms with E-state index < -0.39 is 5.97 Å². The maximum atomic E-state index is 11.8. The molecule has 2 aromatic carbocycles. The van der Waals surface area contributed by atoms with Crippen LogP contribution in [-0.2, 0) is 11.3 Å². The molecule has 0 fully saturated rings. The average molecular weight is 350 g/mol. The predicted molar refractivity (Wildman–Crippen MR) is 82.0 cm³/mol. The predicted octanol–water partition coefficient (Wildman–Crippen LogP) is 5.66. The third-order valence-corrected chi connectivity index (χ3v) is 3.68. The van der Waals surface area contributed by atoms with Crippen LogP contribution in [0.5, 0.6) is 0 Å². The van der Waals surface area contributed by atoms with Gasteiger partial charge in [0.15, 0.2) is 0 Å². The molecule has 0 spiro atoms. The van der Waals surface area contributed by atoms with Crippen molar-refractivity contribution in [1.82, 2.24) is 0 Å². The Morgan fingerprint density at radius 3 is 2.00 bits per heavy atom. The van der Waals surface area contributed by atoms with E-state index >= 15 is 0 Å². The SMILES string of the molecule is O=C(OCc1c(Cl)cc(Cl)cc1Cl)c1ccc(Cl)cc1. The summed E-state index contributed by atoms with van der Waals surface area (Å²) in [5, 5.41) is 1.68.